The first-order chi connectivity index (χ1) is 13.4. The highest BCUT2D eigenvalue weighted by Crippen LogP contribution is 2.32. The lowest BCUT2D eigenvalue weighted by molar-refractivity contribution is -0.115. The molecule has 2 aromatic carbocycles. The number of amides is 1. The molecule has 0 fully saturated rings. The van der Waals surface area contributed by atoms with Gasteiger partial charge in [-0.2, -0.15) is 0 Å². The summed E-state index contributed by atoms with van der Waals surface area (Å²) in [6.45, 7) is 5.51. The lowest BCUT2D eigenvalue weighted by atomic mass is 10.1. The van der Waals surface area contributed by atoms with Gasteiger partial charge in [-0.3, -0.25) is 14.5 Å². The molecule has 1 amide bonds. The monoisotopic (exact) mass is 410 g/mol. The number of aromatic nitrogens is 1. The minimum Gasteiger partial charge on any atom is -0.289 e. The van der Waals surface area contributed by atoms with Crippen molar-refractivity contribution in [2.75, 3.05) is 4.90 Å². The molecule has 4 nitrogen and oxygen atoms in total. The molecule has 142 valence electrons. The second kappa shape index (κ2) is 8.50. The third-order valence-corrected chi connectivity index (χ3v) is 5.46. The van der Waals surface area contributed by atoms with E-state index in [2.05, 4.69) is 4.98 Å². The van der Waals surface area contributed by atoms with Crippen molar-refractivity contribution in [3.05, 3.63) is 81.3 Å². The van der Waals surface area contributed by atoms with Crippen LogP contribution in [-0.4, -0.2) is 16.7 Å². The van der Waals surface area contributed by atoms with Crippen molar-refractivity contribution in [2.24, 2.45) is 0 Å². The van der Waals surface area contributed by atoms with E-state index in [0.717, 1.165) is 16.8 Å². The molecule has 0 saturated heterocycles. The summed E-state index contributed by atoms with van der Waals surface area (Å²) in [6.07, 6.45) is 3.12. The smallest absolute Gasteiger partial charge is 0.230 e. The van der Waals surface area contributed by atoms with E-state index in [1.807, 2.05) is 37.4 Å². The highest BCUT2D eigenvalue weighted by molar-refractivity contribution is 7.14. The summed E-state index contributed by atoms with van der Waals surface area (Å²) < 4.78 is 0. The number of hydrogen-bond acceptors (Lipinski definition) is 4. The molecular weight excluding hydrogens is 392 g/mol. The zero-order valence-corrected chi connectivity index (χ0v) is 17.3. The van der Waals surface area contributed by atoms with Crippen molar-refractivity contribution < 1.29 is 9.59 Å². The van der Waals surface area contributed by atoms with Crippen LogP contribution in [0.2, 0.25) is 5.02 Å². The second-order valence-electron chi connectivity index (χ2n) is 6.33. The van der Waals surface area contributed by atoms with Crippen molar-refractivity contribution in [3.8, 4) is 0 Å². The summed E-state index contributed by atoms with van der Waals surface area (Å²) in [4.78, 5) is 30.7. The predicted molar refractivity (Wildman–Crippen MR) is 116 cm³/mol. The number of benzene rings is 2. The molecular formula is C22H19ClN2O2S. The van der Waals surface area contributed by atoms with E-state index in [9.17, 15) is 9.59 Å². The molecule has 6 heteroatoms. The number of allylic oxidation sites excluding steroid dienone is 1. The summed E-state index contributed by atoms with van der Waals surface area (Å²) in [5.74, 6) is -0.250. The first-order valence-electron chi connectivity index (χ1n) is 8.67. The molecule has 1 heterocycles. The van der Waals surface area contributed by atoms with Crippen LogP contribution in [0.5, 0.6) is 0 Å². The van der Waals surface area contributed by atoms with Crippen LogP contribution in [-0.2, 0) is 4.79 Å². The van der Waals surface area contributed by atoms with Crippen molar-refractivity contribution in [3.63, 3.8) is 0 Å². The molecule has 0 spiro atoms. The highest BCUT2D eigenvalue weighted by atomic mass is 35.5. The first kappa shape index (κ1) is 20.0. The standard InChI is InChI=1S/C22H19ClN2O2S/c1-14-5-4-6-20(15(14)2)25(16(3)26)22-24-19(13-28-22)11-12-21(27)17-7-9-18(23)10-8-17/h4-13H,1-3H3. The number of aryl methyl sites for hydroxylation is 1. The molecule has 3 rings (SSSR count). The molecule has 0 unspecified atom stereocenters. The minimum atomic E-state index is -0.135. The summed E-state index contributed by atoms with van der Waals surface area (Å²) in [6, 6.07) is 12.6. The van der Waals surface area contributed by atoms with E-state index in [1.165, 1.54) is 24.3 Å². The third kappa shape index (κ3) is 4.38. The van der Waals surface area contributed by atoms with Gasteiger partial charge in [0.1, 0.15) is 0 Å². The topological polar surface area (TPSA) is 50.3 Å². The molecule has 0 N–H and O–H groups in total. The van der Waals surface area contributed by atoms with Crippen LogP contribution < -0.4 is 4.90 Å². The van der Waals surface area contributed by atoms with Gasteiger partial charge in [0.15, 0.2) is 10.9 Å². The SMILES string of the molecule is CC(=O)N(c1nc(C=CC(=O)c2ccc(Cl)cc2)cs1)c1cccc(C)c1C. The van der Waals surface area contributed by atoms with Crippen molar-refractivity contribution in [2.45, 2.75) is 20.8 Å². The maximum atomic E-state index is 12.3. The van der Waals surface area contributed by atoms with Crippen LogP contribution in [0.4, 0.5) is 10.8 Å². The minimum absolute atomic E-state index is 0.115. The van der Waals surface area contributed by atoms with Gasteiger partial charge in [-0.25, -0.2) is 4.98 Å². The van der Waals surface area contributed by atoms with Gasteiger partial charge in [-0.1, -0.05) is 23.7 Å². The molecule has 1 aromatic heterocycles. The van der Waals surface area contributed by atoms with E-state index in [4.69, 9.17) is 11.6 Å². The number of hydrogen-bond donors (Lipinski definition) is 0. The number of carbonyl (C=O) groups is 2. The van der Waals surface area contributed by atoms with Gasteiger partial charge in [0, 0.05) is 22.9 Å². The molecule has 0 radical (unpaired) electrons. The molecule has 0 aliphatic carbocycles. The maximum absolute atomic E-state index is 12.3. The highest BCUT2D eigenvalue weighted by Gasteiger charge is 2.19. The second-order valence-corrected chi connectivity index (χ2v) is 7.61. The summed E-state index contributed by atoms with van der Waals surface area (Å²) in [5, 5.41) is 2.97. The fourth-order valence-corrected chi connectivity index (χ4v) is 3.69. The number of carbonyl (C=O) groups excluding carboxylic acids is 2. The van der Waals surface area contributed by atoms with Gasteiger partial charge >= 0.3 is 0 Å². The Morgan fingerprint density at radius 1 is 1.11 bits per heavy atom. The van der Waals surface area contributed by atoms with Gasteiger partial charge in [0.05, 0.1) is 11.4 Å². The average molecular weight is 411 g/mol. The normalized spacial score (nSPS) is 11.0. The predicted octanol–water partition coefficient (Wildman–Crippen LogP) is 5.99. The van der Waals surface area contributed by atoms with E-state index < -0.39 is 0 Å². The van der Waals surface area contributed by atoms with Crippen LogP contribution in [0.1, 0.15) is 34.1 Å². The zero-order valence-electron chi connectivity index (χ0n) is 15.8. The quantitative estimate of drug-likeness (QED) is 0.383. The number of ketones is 1. The lowest BCUT2D eigenvalue weighted by Gasteiger charge is -2.21. The van der Waals surface area contributed by atoms with E-state index in [-0.39, 0.29) is 11.7 Å². The molecule has 0 atom stereocenters. The lowest BCUT2D eigenvalue weighted by Crippen LogP contribution is -2.23. The number of anilines is 2. The van der Waals surface area contributed by atoms with Crippen molar-refractivity contribution >= 4 is 51.5 Å². The van der Waals surface area contributed by atoms with Gasteiger partial charge in [0.25, 0.3) is 0 Å². The van der Waals surface area contributed by atoms with Crippen LogP contribution >= 0.6 is 22.9 Å². The Balaban J connectivity index is 1.85. The largest absolute Gasteiger partial charge is 0.289 e. The van der Waals surface area contributed by atoms with Gasteiger partial charge in [-0.05, 0) is 67.5 Å². The molecule has 0 bridgehead atoms. The third-order valence-electron chi connectivity index (χ3n) is 4.37. The fraction of sp³-hybridized carbons (Fsp3) is 0.136. The van der Waals surface area contributed by atoms with Crippen molar-refractivity contribution in [1.82, 2.24) is 4.98 Å². The Bertz CT molecular complexity index is 1050. The Morgan fingerprint density at radius 2 is 1.82 bits per heavy atom. The Hall–Kier alpha value is -2.76. The summed E-state index contributed by atoms with van der Waals surface area (Å²) >= 11 is 7.21. The van der Waals surface area contributed by atoms with Gasteiger partial charge in [0.2, 0.25) is 5.91 Å². The molecule has 3 aromatic rings. The van der Waals surface area contributed by atoms with Crippen LogP contribution in [0.25, 0.3) is 6.08 Å². The Labute approximate surface area is 173 Å². The van der Waals surface area contributed by atoms with Crippen LogP contribution in [0.15, 0.2) is 53.9 Å². The number of nitrogens with zero attached hydrogens (tertiary/aromatic N) is 2. The Kier molecular flexibility index (Phi) is 6.07. The fourth-order valence-electron chi connectivity index (χ4n) is 2.71. The number of thiazole rings is 1. The summed E-state index contributed by atoms with van der Waals surface area (Å²) in [7, 11) is 0. The van der Waals surface area contributed by atoms with Crippen LogP contribution in [0.3, 0.4) is 0 Å². The van der Waals surface area contributed by atoms with E-state index in [1.54, 1.807) is 35.2 Å². The van der Waals surface area contributed by atoms with Gasteiger partial charge in [-0.15, -0.1) is 11.3 Å². The molecule has 0 saturated carbocycles. The van der Waals surface area contributed by atoms with E-state index >= 15 is 0 Å². The molecule has 0 aliphatic rings. The maximum Gasteiger partial charge on any atom is 0.230 e. The van der Waals surface area contributed by atoms with Crippen molar-refractivity contribution in [1.29, 1.82) is 0 Å². The summed E-state index contributed by atoms with van der Waals surface area (Å²) in [5.41, 5.74) is 4.13. The van der Waals surface area contributed by atoms with E-state index in [0.29, 0.717) is 21.4 Å². The Morgan fingerprint density at radius 3 is 2.50 bits per heavy atom. The van der Waals surface area contributed by atoms with Crippen LogP contribution in [0, 0.1) is 13.8 Å². The molecule has 28 heavy (non-hydrogen) atoms. The zero-order chi connectivity index (χ0) is 20.3. The first-order valence-corrected chi connectivity index (χ1v) is 9.93. The average Bonchev–Trinajstić information content (AvgIpc) is 3.12. The van der Waals surface area contributed by atoms with Gasteiger partial charge < -0.3 is 0 Å². The number of halogens is 1. The molecule has 0 aliphatic heterocycles. The number of rotatable bonds is 5.